The molecule has 5 heteroatoms. The number of rotatable bonds is 5. The molecule has 1 aromatic heterocycles. The molecule has 0 bridgehead atoms. The number of nitrogens with zero attached hydrogens (tertiary/aromatic N) is 2. The molecular formula is C20H20N2O2S. The van der Waals surface area contributed by atoms with Crippen LogP contribution in [0.3, 0.4) is 0 Å². The van der Waals surface area contributed by atoms with E-state index in [1.165, 1.54) is 17.3 Å². The van der Waals surface area contributed by atoms with E-state index in [1.54, 1.807) is 0 Å². The van der Waals surface area contributed by atoms with Crippen molar-refractivity contribution in [2.24, 2.45) is 0 Å². The molecule has 25 heavy (non-hydrogen) atoms. The molecule has 1 atom stereocenters. The Labute approximate surface area is 151 Å². The zero-order valence-corrected chi connectivity index (χ0v) is 15.0. The van der Waals surface area contributed by atoms with Crippen LogP contribution < -0.4 is 0 Å². The number of carbonyl (C=O) groups is 1. The maximum absolute atomic E-state index is 11.8. The summed E-state index contributed by atoms with van der Waals surface area (Å²) in [4.78, 5) is 16.4. The molecule has 0 aliphatic heterocycles. The number of hydrogen-bond donors (Lipinski definition) is 1. The molecule has 1 aliphatic carbocycles. The summed E-state index contributed by atoms with van der Waals surface area (Å²) in [6.45, 7) is 2.07. The molecule has 1 aliphatic rings. The first-order chi connectivity index (χ1) is 12.2. The normalized spacial score (nSPS) is 14.4. The molecule has 1 unspecified atom stereocenters. The Hall–Kier alpha value is -2.32. The highest BCUT2D eigenvalue weighted by Gasteiger charge is 2.27. The van der Waals surface area contributed by atoms with Crippen LogP contribution in [0, 0.1) is 11.3 Å². The van der Waals surface area contributed by atoms with Crippen molar-refractivity contribution in [3.8, 4) is 6.07 Å². The van der Waals surface area contributed by atoms with Gasteiger partial charge in [-0.1, -0.05) is 49.0 Å². The van der Waals surface area contributed by atoms with E-state index in [9.17, 15) is 15.2 Å². The van der Waals surface area contributed by atoms with E-state index in [0.717, 1.165) is 48.8 Å². The summed E-state index contributed by atoms with van der Waals surface area (Å²) in [5.41, 5.74) is 4.61. The van der Waals surface area contributed by atoms with Crippen LogP contribution in [-0.4, -0.2) is 16.1 Å². The first-order valence-electron chi connectivity index (χ1n) is 8.54. The van der Waals surface area contributed by atoms with Crippen molar-refractivity contribution in [3.05, 3.63) is 58.3 Å². The zero-order chi connectivity index (χ0) is 17.8. The first kappa shape index (κ1) is 17.5. The summed E-state index contributed by atoms with van der Waals surface area (Å²) in [6, 6.07) is 11.4. The fourth-order valence-corrected chi connectivity index (χ4v) is 4.59. The molecule has 0 saturated heterocycles. The number of hydrogen-bond acceptors (Lipinski definition) is 4. The van der Waals surface area contributed by atoms with Crippen LogP contribution in [0.5, 0.6) is 0 Å². The van der Waals surface area contributed by atoms with Gasteiger partial charge in [-0.25, -0.2) is 4.98 Å². The third-order valence-corrected chi connectivity index (χ3v) is 5.88. The minimum atomic E-state index is -0.892. The fraction of sp³-hybridized carbons (Fsp3) is 0.350. The molecule has 128 valence electrons. The second-order valence-corrected chi connectivity index (χ2v) is 7.21. The van der Waals surface area contributed by atoms with Crippen molar-refractivity contribution in [2.75, 3.05) is 0 Å². The molecule has 1 heterocycles. The van der Waals surface area contributed by atoms with Gasteiger partial charge in [-0.3, -0.25) is 4.79 Å². The minimum Gasteiger partial charge on any atom is -0.480 e. The van der Waals surface area contributed by atoms with Crippen LogP contribution in [0.1, 0.15) is 53.0 Å². The molecule has 0 amide bonds. The van der Waals surface area contributed by atoms with Crippen molar-refractivity contribution in [3.63, 3.8) is 0 Å². The van der Waals surface area contributed by atoms with Crippen LogP contribution in [0.4, 0.5) is 0 Å². The Morgan fingerprint density at radius 2 is 1.96 bits per heavy atom. The second kappa shape index (κ2) is 7.71. The third-order valence-electron chi connectivity index (χ3n) is 4.61. The van der Waals surface area contributed by atoms with E-state index in [4.69, 9.17) is 0 Å². The Bertz CT molecular complexity index is 828. The van der Waals surface area contributed by atoms with Gasteiger partial charge in [-0.15, -0.1) is 0 Å². The van der Waals surface area contributed by atoms with Gasteiger partial charge in [0.15, 0.2) is 0 Å². The minimum absolute atomic E-state index is 0.464. The van der Waals surface area contributed by atoms with Gasteiger partial charge in [0, 0.05) is 0 Å². The summed E-state index contributed by atoms with van der Waals surface area (Å²) >= 11 is 1.24. The first-order valence-corrected chi connectivity index (χ1v) is 9.42. The predicted octanol–water partition coefficient (Wildman–Crippen LogP) is 4.31. The van der Waals surface area contributed by atoms with Crippen molar-refractivity contribution < 1.29 is 9.90 Å². The summed E-state index contributed by atoms with van der Waals surface area (Å²) in [5.74, 6) is -0.892. The summed E-state index contributed by atoms with van der Waals surface area (Å²) in [7, 11) is 0. The summed E-state index contributed by atoms with van der Waals surface area (Å²) < 4.78 is 0. The average molecular weight is 352 g/mol. The fourth-order valence-electron chi connectivity index (χ4n) is 3.42. The standard InChI is InChI=1S/C20H20N2O2S/c1-2-14-15-10-6-7-11-16(15)17(12-21)22-19(14)25-18(20(23)24)13-8-4-3-5-9-13/h3-5,8-9,18H,2,6-7,10-11H2,1H3,(H,23,24). The Kier molecular flexibility index (Phi) is 5.40. The van der Waals surface area contributed by atoms with E-state index < -0.39 is 11.2 Å². The predicted molar refractivity (Wildman–Crippen MR) is 97.6 cm³/mol. The van der Waals surface area contributed by atoms with Crippen LogP contribution in [0.15, 0.2) is 35.4 Å². The van der Waals surface area contributed by atoms with Crippen LogP contribution in [0.25, 0.3) is 0 Å². The van der Waals surface area contributed by atoms with Crippen molar-refractivity contribution in [1.29, 1.82) is 5.26 Å². The number of carboxylic acids is 1. The van der Waals surface area contributed by atoms with Gasteiger partial charge in [0.25, 0.3) is 0 Å². The number of aromatic nitrogens is 1. The monoisotopic (exact) mass is 352 g/mol. The number of nitriles is 1. The lowest BCUT2D eigenvalue weighted by atomic mass is 9.87. The van der Waals surface area contributed by atoms with Gasteiger partial charge in [0.05, 0.1) is 0 Å². The second-order valence-electron chi connectivity index (χ2n) is 6.12. The van der Waals surface area contributed by atoms with Gasteiger partial charge in [0.1, 0.15) is 22.0 Å². The molecule has 0 radical (unpaired) electrons. The lowest BCUT2D eigenvalue weighted by molar-refractivity contribution is -0.136. The third kappa shape index (κ3) is 3.54. The summed E-state index contributed by atoms with van der Waals surface area (Å²) in [6.07, 6.45) is 4.84. The van der Waals surface area contributed by atoms with E-state index in [-0.39, 0.29) is 0 Å². The van der Waals surface area contributed by atoms with Crippen LogP contribution in [-0.2, 0) is 24.1 Å². The number of aliphatic carboxylic acids is 1. The topological polar surface area (TPSA) is 74.0 Å². The Morgan fingerprint density at radius 1 is 1.28 bits per heavy atom. The molecule has 1 N–H and O–H groups in total. The van der Waals surface area contributed by atoms with Crippen molar-refractivity contribution >= 4 is 17.7 Å². The van der Waals surface area contributed by atoms with E-state index >= 15 is 0 Å². The van der Waals surface area contributed by atoms with E-state index in [1.807, 2.05) is 30.3 Å². The van der Waals surface area contributed by atoms with Crippen molar-refractivity contribution in [1.82, 2.24) is 4.98 Å². The number of carboxylic acid groups (broad SMARTS) is 1. The maximum Gasteiger partial charge on any atom is 0.321 e. The Morgan fingerprint density at radius 3 is 2.56 bits per heavy atom. The van der Waals surface area contributed by atoms with Gasteiger partial charge in [-0.05, 0) is 54.4 Å². The number of benzene rings is 1. The van der Waals surface area contributed by atoms with Crippen molar-refractivity contribution in [2.45, 2.75) is 49.3 Å². The molecule has 3 rings (SSSR count). The summed E-state index contributed by atoms with van der Waals surface area (Å²) in [5, 5.41) is 19.2. The van der Waals surface area contributed by atoms with Gasteiger partial charge < -0.3 is 5.11 Å². The highest BCUT2D eigenvalue weighted by Crippen LogP contribution is 2.40. The number of pyridine rings is 1. The zero-order valence-electron chi connectivity index (χ0n) is 14.2. The highest BCUT2D eigenvalue weighted by molar-refractivity contribution is 8.00. The van der Waals surface area contributed by atoms with E-state index in [2.05, 4.69) is 18.0 Å². The van der Waals surface area contributed by atoms with E-state index in [0.29, 0.717) is 10.7 Å². The van der Waals surface area contributed by atoms with Gasteiger partial charge in [-0.2, -0.15) is 5.26 Å². The van der Waals surface area contributed by atoms with Crippen LogP contribution in [0.2, 0.25) is 0 Å². The maximum atomic E-state index is 11.8. The number of thioether (sulfide) groups is 1. The highest BCUT2D eigenvalue weighted by atomic mass is 32.2. The number of fused-ring (bicyclic) bond motifs is 1. The largest absolute Gasteiger partial charge is 0.480 e. The molecule has 2 aromatic rings. The lowest BCUT2D eigenvalue weighted by Crippen LogP contribution is -2.14. The van der Waals surface area contributed by atoms with Gasteiger partial charge in [0.2, 0.25) is 0 Å². The van der Waals surface area contributed by atoms with Crippen LogP contribution >= 0.6 is 11.8 Å². The average Bonchev–Trinajstić information content (AvgIpc) is 2.65. The molecular weight excluding hydrogens is 332 g/mol. The molecule has 0 saturated carbocycles. The molecule has 0 spiro atoms. The lowest BCUT2D eigenvalue weighted by Gasteiger charge is -2.23. The Balaban J connectivity index is 2.07. The smallest absolute Gasteiger partial charge is 0.321 e. The SMILES string of the molecule is CCc1c(SC(C(=O)O)c2ccccc2)nc(C#N)c2c1CCCC2. The molecule has 1 aromatic carbocycles. The quantitative estimate of drug-likeness (QED) is 0.812. The van der Waals surface area contributed by atoms with Gasteiger partial charge >= 0.3 is 5.97 Å². The molecule has 0 fully saturated rings. The molecule has 4 nitrogen and oxygen atoms in total.